The summed E-state index contributed by atoms with van der Waals surface area (Å²) in [5.41, 5.74) is 2.83. The summed E-state index contributed by atoms with van der Waals surface area (Å²) in [5, 5.41) is 3.79. The van der Waals surface area contributed by atoms with E-state index >= 15 is 0 Å². The maximum atomic E-state index is 11.8. The highest BCUT2D eigenvalue weighted by Gasteiger charge is 2.18. The van der Waals surface area contributed by atoms with Crippen LogP contribution in [0.4, 0.5) is 0 Å². The van der Waals surface area contributed by atoms with E-state index in [1.54, 1.807) is 32.0 Å². The van der Waals surface area contributed by atoms with Gasteiger partial charge in [-0.25, -0.2) is 5.43 Å². The second kappa shape index (κ2) is 8.66. The van der Waals surface area contributed by atoms with Crippen molar-refractivity contribution in [1.82, 2.24) is 10.3 Å². The monoisotopic (exact) mass is 307 g/mol. The molecule has 1 aromatic rings. The SMILES string of the molecule is CCN(CC)C(=O)C(=O)NN=Cc1cccc(OC)c1OC. The molecule has 0 heterocycles. The Labute approximate surface area is 129 Å². The number of hydrazone groups is 1. The van der Waals surface area contributed by atoms with Crippen molar-refractivity contribution >= 4 is 18.0 Å². The highest BCUT2D eigenvalue weighted by Crippen LogP contribution is 2.29. The number of ether oxygens (including phenoxy) is 2. The van der Waals surface area contributed by atoms with Gasteiger partial charge in [-0.15, -0.1) is 0 Å². The van der Waals surface area contributed by atoms with E-state index in [9.17, 15) is 9.59 Å². The summed E-state index contributed by atoms with van der Waals surface area (Å²) in [4.78, 5) is 24.9. The summed E-state index contributed by atoms with van der Waals surface area (Å²) in [6.07, 6.45) is 1.40. The zero-order valence-corrected chi connectivity index (χ0v) is 13.3. The van der Waals surface area contributed by atoms with Crippen LogP contribution in [0.15, 0.2) is 23.3 Å². The first-order chi connectivity index (χ1) is 10.6. The molecule has 0 atom stereocenters. The summed E-state index contributed by atoms with van der Waals surface area (Å²) in [5.74, 6) is -0.336. The molecule has 2 amide bonds. The molecule has 1 aromatic carbocycles. The maximum Gasteiger partial charge on any atom is 0.329 e. The van der Waals surface area contributed by atoms with E-state index in [1.807, 2.05) is 0 Å². The summed E-state index contributed by atoms with van der Waals surface area (Å²) < 4.78 is 10.4. The van der Waals surface area contributed by atoms with Crippen molar-refractivity contribution < 1.29 is 19.1 Å². The highest BCUT2D eigenvalue weighted by atomic mass is 16.5. The van der Waals surface area contributed by atoms with Crippen LogP contribution < -0.4 is 14.9 Å². The van der Waals surface area contributed by atoms with Gasteiger partial charge in [-0.2, -0.15) is 5.10 Å². The summed E-state index contributed by atoms with van der Waals surface area (Å²) >= 11 is 0. The largest absolute Gasteiger partial charge is 0.493 e. The number of hydrogen-bond donors (Lipinski definition) is 1. The van der Waals surface area contributed by atoms with Gasteiger partial charge in [0, 0.05) is 18.7 Å². The van der Waals surface area contributed by atoms with Crippen LogP contribution in [0.2, 0.25) is 0 Å². The number of rotatable bonds is 6. The number of nitrogens with one attached hydrogen (secondary N) is 1. The van der Waals surface area contributed by atoms with Gasteiger partial charge in [-0.05, 0) is 26.0 Å². The quantitative estimate of drug-likeness (QED) is 0.483. The molecule has 0 saturated carbocycles. The van der Waals surface area contributed by atoms with Gasteiger partial charge in [0.2, 0.25) is 0 Å². The number of hydrogen-bond acceptors (Lipinski definition) is 5. The zero-order valence-electron chi connectivity index (χ0n) is 13.3. The minimum atomic E-state index is -0.776. The van der Waals surface area contributed by atoms with Crippen molar-refractivity contribution in [3.05, 3.63) is 23.8 Å². The number of para-hydroxylation sites is 1. The average molecular weight is 307 g/mol. The molecule has 0 aliphatic carbocycles. The smallest absolute Gasteiger partial charge is 0.329 e. The van der Waals surface area contributed by atoms with Crippen molar-refractivity contribution in [3.63, 3.8) is 0 Å². The number of amides is 2. The number of methoxy groups -OCH3 is 2. The Bertz CT molecular complexity index is 554. The first-order valence-corrected chi connectivity index (χ1v) is 6.92. The Morgan fingerprint density at radius 1 is 1.23 bits per heavy atom. The van der Waals surface area contributed by atoms with Crippen LogP contribution in [0.1, 0.15) is 19.4 Å². The van der Waals surface area contributed by atoms with E-state index in [1.165, 1.54) is 25.3 Å². The van der Waals surface area contributed by atoms with E-state index in [4.69, 9.17) is 9.47 Å². The molecule has 0 radical (unpaired) electrons. The van der Waals surface area contributed by atoms with Crippen LogP contribution in [0.3, 0.4) is 0 Å². The summed E-state index contributed by atoms with van der Waals surface area (Å²) in [6, 6.07) is 5.27. The van der Waals surface area contributed by atoms with Crippen LogP contribution in [0, 0.1) is 0 Å². The molecule has 0 fully saturated rings. The van der Waals surface area contributed by atoms with E-state index in [2.05, 4.69) is 10.5 Å². The van der Waals surface area contributed by atoms with E-state index in [0.717, 1.165) is 0 Å². The van der Waals surface area contributed by atoms with Gasteiger partial charge < -0.3 is 14.4 Å². The second-order valence-corrected chi connectivity index (χ2v) is 4.26. The number of benzene rings is 1. The third-order valence-electron chi connectivity index (χ3n) is 3.05. The van der Waals surface area contributed by atoms with Gasteiger partial charge in [-0.3, -0.25) is 9.59 Å². The number of nitrogens with zero attached hydrogens (tertiary/aromatic N) is 2. The van der Waals surface area contributed by atoms with Crippen molar-refractivity contribution in [3.8, 4) is 11.5 Å². The first-order valence-electron chi connectivity index (χ1n) is 6.92. The van der Waals surface area contributed by atoms with Crippen LogP contribution >= 0.6 is 0 Å². The van der Waals surface area contributed by atoms with Gasteiger partial charge in [0.25, 0.3) is 0 Å². The molecular formula is C15H21N3O4. The summed E-state index contributed by atoms with van der Waals surface area (Å²) in [6.45, 7) is 4.55. The molecular weight excluding hydrogens is 286 g/mol. The van der Waals surface area contributed by atoms with E-state index in [-0.39, 0.29) is 0 Å². The number of likely N-dealkylation sites (N-methyl/N-ethyl adjacent to an activating group) is 1. The van der Waals surface area contributed by atoms with E-state index < -0.39 is 11.8 Å². The highest BCUT2D eigenvalue weighted by molar-refractivity contribution is 6.34. The predicted octanol–water partition coefficient (Wildman–Crippen LogP) is 1.02. The van der Waals surface area contributed by atoms with Gasteiger partial charge in [0.15, 0.2) is 11.5 Å². The Morgan fingerprint density at radius 2 is 1.91 bits per heavy atom. The average Bonchev–Trinajstić information content (AvgIpc) is 2.55. The standard InChI is InChI=1S/C15H21N3O4/c1-5-18(6-2)15(20)14(19)17-16-10-11-8-7-9-12(21-3)13(11)22-4/h7-10H,5-6H2,1-4H3,(H,17,19). The van der Waals surface area contributed by atoms with Crippen molar-refractivity contribution in [2.24, 2.45) is 5.10 Å². The molecule has 0 saturated heterocycles. The number of carbonyl (C=O) groups is 2. The molecule has 22 heavy (non-hydrogen) atoms. The van der Waals surface area contributed by atoms with Crippen LogP contribution in [-0.2, 0) is 9.59 Å². The Hall–Kier alpha value is -2.57. The Morgan fingerprint density at radius 3 is 2.45 bits per heavy atom. The van der Waals surface area contributed by atoms with Crippen molar-refractivity contribution in [1.29, 1.82) is 0 Å². The van der Waals surface area contributed by atoms with Gasteiger partial charge in [-0.1, -0.05) is 6.07 Å². The normalized spacial score (nSPS) is 10.4. The molecule has 0 unspecified atom stereocenters. The van der Waals surface area contributed by atoms with Gasteiger partial charge in [0.05, 0.1) is 20.4 Å². The van der Waals surface area contributed by atoms with Crippen LogP contribution in [0.5, 0.6) is 11.5 Å². The fraction of sp³-hybridized carbons (Fsp3) is 0.400. The molecule has 0 spiro atoms. The molecule has 1 rings (SSSR count). The minimum Gasteiger partial charge on any atom is -0.493 e. The molecule has 7 nitrogen and oxygen atoms in total. The molecule has 0 bridgehead atoms. The Balaban J connectivity index is 2.78. The van der Waals surface area contributed by atoms with Crippen molar-refractivity contribution in [2.45, 2.75) is 13.8 Å². The zero-order chi connectivity index (χ0) is 16.5. The molecule has 120 valence electrons. The third kappa shape index (κ3) is 4.21. The lowest BCUT2D eigenvalue weighted by molar-refractivity contribution is -0.145. The summed E-state index contributed by atoms with van der Waals surface area (Å²) in [7, 11) is 3.04. The number of carbonyl (C=O) groups excluding carboxylic acids is 2. The van der Waals surface area contributed by atoms with Gasteiger partial charge >= 0.3 is 11.8 Å². The predicted molar refractivity (Wildman–Crippen MR) is 83.2 cm³/mol. The topological polar surface area (TPSA) is 80.2 Å². The molecule has 7 heteroatoms. The van der Waals surface area contributed by atoms with E-state index in [0.29, 0.717) is 30.2 Å². The second-order valence-electron chi connectivity index (χ2n) is 4.26. The molecule has 0 aromatic heterocycles. The van der Waals surface area contributed by atoms with Gasteiger partial charge in [0.1, 0.15) is 0 Å². The maximum absolute atomic E-state index is 11.8. The molecule has 0 aliphatic heterocycles. The first kappa shape index (κ1) is 17.5. The fourth-order valence-corrected chi connectivity index (χ4v) is 1.88. The van der Waals surface area contributed by atoms with Crippen LogP contribution in [-0.4, -0.2) is 50.2 Å². The molecule has 0 aliphatic rings. The van der Waals surface area contributed by atoms with Crippen LogP contribution in [0.25, 0.3) is 0 Å². The minimum absolute atomic E-state index is 0.468. The third-order valence-corrected chi connectivity index (χ3v) is 3.05. The Kier molecular flexibility index (Phi) is 6.88. The lowest BCUT2D eigenvalue weighted by Gasteiger charge is -2.16. The molecule has 1 N–H and O–H groups in total. The van der Waals surface area contributed by atoms with Crippen molar-refractivity contribution in [2.75, 3.05) is 27.3 Å². The lowest BCUT2D eigenvalue weighted by Crippen LogP contribution is -2.41. The fourth-order valence-electron chi connectivity index (χ4n) is 1.88. The lowest BCUT2D eigenvalue weighted by atomic mass is 10.2.